The van der Waals surface area contributed by atoms with Gasteiger partial charge in [-0.2, -0.15) is 9.65 Å². The highest BCUT2D eigenvalue weighted by molar-refractivity contribution is 5.42. The summed E-state index contributed by atoms with van der Waals surface area (Å²) in [6.07, 6.45) is 2.33. The lowest BCUT2D eigenvalue weighted by Crippen LogP contribution is -2.32. The van der Waals surface area contributed by atoms with Gasteiger partial charge in [0.15, 0.2) is 0 Å². The Morgan fingerprint density at radius 3 is 2.56 bits per heavy atom. The van der Waals surface area contributed by atoms with E-state index < -0.39 is 21.8 Å². The fourth-order valence-corrected chi connectivity index (χ4v) is 1.95. The Labute approximate surface area is 91.5 Å². The van der Waals surface area contributed by atoms with E-state index in [1.807, 2.05) is 0 Å². The molecule has 0 bridgehead atoms. The highest BCUT2D eigenvalue weighted by atomic mass is 19.1. The average molecular weight is 220 g/mol. The Morgan fingerprint density at radius 1 is 1.50 bits per heavy atom. The monoisotopic (exact) mass is 220 g/mol. The number of nitro groups is 1. The highest BCUT2D eigenvalue weighted by Gasteiger charge is 2.39. The summed E-state index contributed by atoms with van der Waals surface area (Å²) in [5.41, 5.74) is -0.629. The van der Waals surface area contributed by atoms with E-state index in [0.717, 1.165) is 18.6 Å². The molecule has 1 aliphatic carbocycles. The molecule has 1 fully saturated rings. The zero-order valence-corrected chi connectivity index (χ0v) is 8.44. The van der Waals surface area contributed by atoms with Crippen LogP contribution in [0.25, 0.3) is 0 Å². The fourth-order valence-electron chi connectivity index (χ4n) is 1.95. The third kappa shape index (κ3) is 1.43. The summed E-state index contributed by atoms with van der Waals surface area (Å²) >= 11 is 0. The molecule has 0 unspecified atom stereocenters. The van der Waals surface area contributed by atoms with Crippen molar-refractivity contribution in [2.75, 3.05) is 0 Å². The molecule has 0 aromatic heterocycles. The van der Waals surface area contributed by atoms with E-state index in [1.165, 1.54) is 6.07 Å². The largest absolute Gasteiger partial charge is 0.304 e. The number of nitrogens with zero attached hydrogens (tertiary/aromatic N) is 2. The molecule has 0 spiro atoms. The Balaban J connectivity index is 2.42. The Kier molecular flexibility index (Phi) is 2.35. The van der Waals surface area contributed by atoms with E-state index in [2.05, 4.69) is 6.07 Å². The summed E-state index contributed by atoms with van der Waals surface area (Å²) in [6.45, 7) is 0. The van der Waals surface area contributed by atoms with Crippen molar-refractivity contribution in [3.63, 3.8) is 0 Å². The van der Waals surface area contributed by atoms with Crippen LogP contribution in [0.5, 0.6) is 0 Å². The zero-order valence-electron chi connectivity index (χ0n) is 8.44. The van der Waals surface area contributed by atoms with Crippen LogP contribution in [0.1, 0.15) is 24.8 Å². The molecule has 0 aliphatic heterocycles. The Hall–Kier alpha value is -1.96. The van der Waals surface area contributed by atoms with Crippen molar-refractivity contribution in [2.24, 2.45) is 0 Å². The first kappa shape index (κ1) is 10.6. The first-order valence-electron chi connectivity index (χ1n) is 4.95. The number of nitriles is 1. The van der Waals surface area contributed by atoms with Gasteiger partial charge in [-0.15, -0.1) is 0 Å². The van der Waals surface area contributed by atoms with Gasteiger partial charge in [0, 0.05) is 6.07 Å². The van der Waals surface area contributed by atoms with Gasteiger partial charge in [0.25, 0.3) is 0 Å². The number of hydrogen-bond donors (Lipinski definition) is 0. The molecule has 2 rings (SSSR count). The maximum absolute atomic E-state index is 13.4. The van der Waals surface area contributed by atoms with Gasteiger partial charge >= 0.3 is 5.69 Å². The summed E-state index contributed by atoms with van der Waals surface area (Å²) in [4.78, 5) is 9.67. The van der Waals surface area contributed by atoms with Gasteiger partial charge in [0.05, 0.1) is 16.4 Å². The first-order valence-corrected chi connectivity index (χ1v) is 4.95. The van der Waals surface area contributed by atoms with Gasteiger partial charge in [0.1, 0.15) is 0 Å². The van der Waals surface area contributed by atoms with Gasteiger partial charge in [-0.1, -0.05) is 6.07 Å². The molecular weight excluding hydrogens is 211 g/mol. The summed E-state index contributed by atoms with van der Waals surface area (Å²) in [7, 11) is 0. The molecule has 0 saturated heterocycles. The summed E-state index contributed by atoms with van der Waals surface area (Å²) in [5, 5.41) is 19.5. The van der Waals surface area contributed by atoms with E-state index in [1.54, 1.807) is 0 Å². The van der Waals surface area contributed by atoms with Crippen LogP contribution in [0.3, 0.4) is 0 Å². The van der Waals surface area contributed by atoms with Crippen LogP contribution in [0.2, 0.25) is 0 Å². The second-order valence-electron chi connectivity index (χ2n) is 3.97. The van der Waals surface area contributed by atoms with E-state index in [4.69, 9.17) is 5.26 Å². The second kappa shape index (κ2) is 3.56. The maximum Gasteiger partial charge on any atom is 0.304 e. The summed E-state index contributed by atoms with van der Waals surface area (Å²) in [6, 6.07) is 5.89. The molecule has 0 heterocycles. The molecular formula is C11H9FN2O2. The normalized spacial score (nSPS) is 17.2. The molecule has 16 heavy (non-hydrogen) atoms. The minimum atomic E-state index is -0.871. The molecule has 1 aromatic carbocycles. The van der Waals surface area contributed by atoms with Gasteiger partial charge in [0.2, 0.25) is 5.82 Å². The number of benzene rings is 1. The second-order valence-corrected chi connectivity index (χ2v) is 3.97. The quantitative estimate of drug-likeness (QED) is 0.568. The van der Waals surface area contributed by atoms with Crippen LogP contribution in [0.15, 0.2) is 18.2 Å². The van der Waals surface area contributed by atoms with Gasteiger partial charge in [-0.05, 0) is 30.9 Å². The van der Waals surface area contributed by atoms with Crippen molar-refractivity contribution >= 4 is 5.69 Å². The molecule has 0 amide bonds. The smallest absolute Gasteiger partial charge is 0.258 e. The molecule has 0 atom stereocenters. The Morgan fingerprint density at radius 2 is 2.19 bits per heavy atom. The highest BCUT2D eigenvalue weighted by Crippen LogP contribution is 2.43. The number of nitro benzene ring substituents is 1. The first-order chi connectivity index (χ1) is 7.59. The molecule has 1 saturated carbocycles. The van der Waals surface area contributed by atoms with Crippen molar-refractivity contribution in [3.8, 4) is 6.07 Å². The minimum Gasteiger partial charge on any atom is -0.258 e. The summed E-state index contributed by atoms with van der Waals surface area (Å²) < 4.78 is 13.4. The molecule has 0 N–H and O–H groups in total. The number of halogens is 1. The van der Waals surface area contributed by atoms with Gasteiger partial charge < -0.3 is 0 Å². The molecule has 5 heteroatoms. The predicted molar refractivity (Wildman–Crippen MR) is 54.2 cm³/mol. The van der Waals surface area contributed by atoms with Crippen molar-refractivity contribution in [2.45, 2.75) is 24.7 Å². The number of hydrogen-bond acceptors (Lipinski definition) is 3. The number of rotatable bonds is 2. The van der Waals surface area contributed by atoms with Crippen molar-refractivity contribution < 1.29 is 9.31 Å². The third-order valence-corrected chi connectivity index (χ3v) is 3.12. The molecule has 4 nitrogen and oxygen atoms in total. The Bertz CT molecular complexity index is 489. The SMILES string of the molecule is N#CC1(c2ccc([N+](=O)[O-])c(F)c2)CCC1. The average Bonchev–Trinajstić information content (AvgIpc) is 2.16. The van der Waals surface area contributed by atoms with E-state index in [-0.39, 0.29) is 0 Å². The van der Waals surface area contributed by atoms with Crippen LogP contribution in [-0.4, -0.2) is 4.92 Å². The molecule has 1 aromatic rings. The van der Waals surface area contributed by atoms with Gasteiger partial charge in [-0.25, -0.2) is 0 Å². The maximum atomic E-state index is 13.4. The molecule has 82 valence electrons. The lowest BCUT2D eigenvalue weighted by Gasteiger charge is -2.35. The lowest BCUT2D eigenvalue weighted by molar-refractivity contribution is -0.387. The molecule has 0 radical (unpaired) electrons. The zero-order chi connectivity index (χ0) is 11.8. The predicted octanol–water partition coefficient (Wildman–Crippen LogP) is 2.68. The van der Waals surface area contributed by atoms with Crippen molar-refractivity contribution in [1.82, 2.24) is 0 Å². The van der Waals surface area contributed by atoms with Crippen LogP contribution in [0.4, 0.5) is 10.1 Å². The minimum absolute atomic E-state index is 0.545. The van der Waals surface area contributed by atoms with Crippen LogP contribution in [-0.2, 0) is 5.41 Å². The fraction of sp³-hybridized carbons (Fsp3) is 0.364. The van der Waals surface area contributed by atoms with Crippen molar-refractivity contribution in [3.05, 3.63) is 39.7 Å². The van der Waals surface area contributed by atoms with Crippen LogP contribution < -0.4 is 0 Å². The standard InChI is InChI=1S/C11H9FN2O2/c12-9-6-8(2-3-10(9)14(15)16)11(7-13)4-1-5-11/h2-3,6H,1,4-5H2. The van der Waals surface area contributed by atoms with Crippen LogP contribution >= 0.6 is 0 Å². The van der Waals surface area contributed by atoms with Crippen LogP contribution in [0, 0.1) is 27.3 Å². The molecule has 1 aliphatic rings. The topological polar surface area (TPSA) is 66.9 Å². The summed E-state index contributed by atoms with van der Waals surface area (Å²) in [5.74, 6) is -0.871. The van der Waals surface area contributed by atoms with Gasteiger partial charge in [-0.3, -0.25) is 10.1 Å². The van der Waals surface area contributed by atoms with Crippen molar-refractivity contribution in [1.29, 1.82) is 5.26 Å². The third-order valence-electron chi connectivity index (χ3n) is 3.12. The van der Waals surface area contributed by atoms with E-state index >= 15 is 0 Å². The lowest BCUT2D eigenvalue weighted by atomic mass is 9.65. The van der Waals surface area contributed by atoms with E-state index in [9.17, 15) is 14.5 Å². The van der Waals surface area contributed by atoms with E-state index in [0.29, 0.717) is 18.4 Å².